The van der Waals surface area contributed by atoms with Crippen molar-refractivity contribution in [3.63, 3.8) is 0 Å². The highest BCUT2D eigenvalue weighted by Gasteiger charge is 2.24. The summed E-state index contributed by atoms with van der Waals surface area (Å²) in [5.74, 6) is 0.819. The molecular formula is C12H15Cl2NOS. The van der Waals surface area contributed by atoms with Gasteiger partial charge in [0.15, 0.2) is 5.78 Å². The SMILES string of the molecule is CCC1CCN(CC(=O)c2cc(Cl)sc2Cl)C1. The Hall–Kier alpha value is -0.0900. The molecule has 1 fully saturated rings. The first kappa shape index (κ1) is 13.3. The van der Waals surface area contributed by atoms with Crippen molar-refractivity contribution in [3.05, 3.63) is 20.3 Å². The van der Waals surface area contributed by atoms with Crippen LogP contribution in [0.3, 0.4) is 0 Å². The van der Waals surface area contributed by atoms with E-state index in [4.69, 9.17) is 23.2 Å². The highest BCUT2D eigenvalue weighted by molar-refractivity contribution is 7.20. The van der Waals surface area contributed by atoms with Gasteiger partial charge in [0.05, 0.1) is 16.4 Å². The fourth-order valence-electron chi connectivity index (χ4n) is 2.21. The maximum absolute atomic E-state index is 12.1. The Morgan fingerprint density at radius 1 is 1.59 bits per heavy atom. The first-order valence-electron chi connectivity index (χ1n) is 5.80. The van der Waals surface area contributed by atoms with Gasteiger partial charge in [0.1, 0.15) is 4.34 Å². The van der Waals surface area contributed by atoms with E-state index >= 15 is 0 Å². The molecule has 0 radical (unpaired) electrons. The van der Waals surface area contributed by atoms with Crippen LogP contribution in [0.15, 0.2) is 6.07 Å². The number of carbonyl (C=O) groups excluding carboxylic acids is 1. The van der Waals surface area contributed by atoms with Crippen molar-refractivity contribution in [1.82, 2.24) is 4.90 Å². The molecule has 2 nitrogen and oxygen atoms in total. The lowest BCUT2D eigenvalue weighted by atomic mass is 10.1. The third-order valence-corrected chi connectivity index (χ3v) is 4.76. The van der Waals surface area contributed by atoms with Crippen molar-refractivity contribution in [2.45, 2.75) is 19.8 Å². The molecular weight excluding hydrogens is 277 g/mol. The largest absolute Gasteiger partial charge is 0.296 e. The summed E-state index contributed by atoms with van der Waals surface area (Å²) in [7, 11) is 0. The maximum Gasteiger partial charge on any atom is 0.179 e. The standard InChI is InChI=1S/C12H15Cl2NOS/c1-2-8-3-4-15(6-8)7-10(16)9-5-11(13)17-12(9)14/h5,8H,2-4,6-7H2,1H3. The fourth-order valence-corrected chi connectivity index (χ4v) is 3.71. The van der Waals surface area contributed by atoms with Crippen LogP contribution >= 0.6 is 34.5 Å². The van der Waals surface area contributed by atoms with Crippen LogP contribution in [0.1, 0.15) is 30.1 Å². The monoisotopic (exact) mass is 291 g/mol. The summed E-state index contributed by atoms with van der Waals surface area (Å²) in [4.78, 5) is 14.3. The molecule has 1 atom stereocenters. The molecule has 1 unspecified atom stereocenters. The molecule has 0 aromatic carbocycles. The Labute approximate surface area is 116 Å². The molecule has 0 amide bonds. The molecule has 1 aliphatic rings. The minimum Gasteiger partial charge on any atom is -0.296 e. The number of nitrogens with zero attached hydrogens (tertiary/aromatic N) is 1. The van der Waals surface area contributed by atoms with Crippen LogP contribution in [-0.4, -0.2) is 30.3 Å². The lowest BCUT2D eigenvalue weighted by molar-refractivity contribution is 0.0944. The number of thiophene rings is 1. The molecule has 0 aliphatic carbocycles. The third-order valence-electron chi connectivity index (χ3n) is 3.27. The zero-order valence-electron chi connectivity index (χ0n) is 9.71. The summed E-state index contributed by atoms with van der Waals surface area (Å²) >= 11 is 13.1. The Bertz CT molecular complexity index is 419. The van der Waals surface area contributed by atoms with E-state index in [9.17, 15) is 4.79 Å². The maximum atomic E-state index is 12.1. The molecule has 0 bridgehead atoms. The predicted molar refractivity (Wildman–Crippen MR) is 73.5 cm³/mol. The normalized spacial score (nSPS) is 21.0. The van der Waals surface area contributed by atoms with Gasteiger partial charge in [-0.25, -0.2) is 0 Å². The van der Waals surface area contributed by atoms with Crippen LogP contribution in [0, 0.1) is 5.92 Å². The van der Waals surface area contributed by atoms with E-state index in [1.807, 2.05) is 0 Å². The number of hydrogen-bond donors (Lipinski definition) is 0. The molecule has 0 N–H and O–H groups in total. The van der Waals surface area contributed by atoms with Gasteiger partial charge < -0.3 is 0 Å². The minimum absolute atomic E-state index is 0.0786. The van der Waals surface area contributed by atoms with Crippen molar-refractivity contribution in [2.75, 3.05) is 19.6 Å². The van der Waals surface area contributed by atoms with Crippen LogP contribution < -0.4 is 0 Å². The summed E-state index contributed by atoms with van der Waals surface area (Å²) in [5, 5.41) is 0. The van der Waals surface area contributed by atoms with Gasteiger partial charge in [-0.2, -0.15) is 0 Å². The first-order valence-corrected chi connectivity index (χ1v) is 7.37. The van der Waals surface area contributed by atoms with Crippen LogP contribution in [-0.2, 0) is 0 Å². The molecule has 1 aliphatic heterocycles. The van der Waals surface area contributed by atoms with E-state index in [1.54, 1.807) is 6.07 Å². The summed E-state index contributed by atoms with van der Waals surface area (Å²) in [6, 6.07) is 1.67. The number of hydrogen-bond acceptors (Lipinski definition) is 3. The minimum atomic E-state index is 0.0786. The summed E-state index contributed by atoms with van der Waals surface area (Å²) < 4.78 is 1.08. The molecule has 0 saturated carbocycles. The lowest BCUT2D eigenvalue weighted by Crippen LogP contribution is -2.27. The van der Waals surface area contributed by atoms with Gasteiger partial charge in [0, 0.05) is 6.54 Å². The molecule has 0 spiro atoms. The lowest BCUT2D eigenvalue weighted by Gasteiger charge is -2.14. The van der Waals surface area contributed by atoms with E-state index in [2.05, 4.69) is 11.8 Å². The van der Waals surface area contributed by atoms with Gasteiger partial charge in [-0.3, -0.25) is 9.69 Å². The molecule has 1 saturated heterocycles. The quantitative estimate of drug-likeness (QED) is 0.783. The van der Waals surface area contributed by atoms with Crippen molar-refractivity contribution < 1.29 is 4.79 Å². The topological polar surface area (TPSA) is 20.3 Å². The van der Waals surface area contributed by atoms with Crippen LogP contribution in [0.25, 0.3) is 0 Å². The van der Waals surface area contributed by atoms with E-state index in [0.717, 1.165) is 19.0 Å². The van der Waals surface area contributed by atoms with E-state index < -0.39 is 0 Å². The second kappa shape index (κ2) is 5.70. The van der Waals surface area contributed by atoms with Crippen molar-refractivity contribution in [3.8, 4) is 0 Å². The zero-order valence-corrected chi connectivity index (χ0v) is 12.0. The average Bonchev–Trinajstić information content (AvgIpc) is 2.85. The Morgan fingerprint density at radius 2 is 2.35 bits per heavy atom. The van der Waals surface area contributed by atoms with Crippen molar-refractivity contribution >= 4 is 40.3 Å². The second-order valence-corrected chi connectivity index (χ2v) is 6.74. The molecule has 1 aromatic rings. The average molecular weight is 292 g/mol. The summed E-state index contributed by atoms with van der Waals surface area (Å²) in [6.45, 7) is 4.70. The van der Waals surface area contributed by atoms with Gasteiger partial charge in [-0.1, -0.05) is 36.5 Å². The smallest absolute Gasteiger partial charge is 0.179 e. The first-order chi connectivity index (χ1) is 8.10. The molecule has 5 heteroatoms. The Kier molecular flexibility index (Phi) is 4.47. The summed E-state index contributed by atoms with van der Waals surface area (Å²) in [5.41, 5.74) is 0.571. The number of likely N-dealkylation sites (tertiary alicyclic amines) is 1. The Morgan fingerprint density at radius 3 is 2.88 bits per heavy atom. The number of carbonyl (C=O) groups is 1. The van der Waals surface area contributed by atoms with Gasteiger partial charge in [0.2, 0.25) is 0 Å². The molecule has 17 heavy (non-hydrogen) atoms. The van der Waals surface area contributed by atoms with Gasteiger partial charge in [0.25, 0.3) is 0 Å². The predicted octanol–water partition coefficient (Wildman–Crippen LogP) is 3.97. The van der Waals surface area contributed by atoms with Crippen LogP contribution in [0.5, 0.6) is 0 Å². The number of halogens is 2. The summed E-state index contributed by atoms with van der Waals surface area (Å²) in [6.07, 6.45) is 2.39. The van der Waals surface area contributed by atoms with E-state index in [-0.39, 0.29) is 5.78 Å². The number of ketones is 1. The number of Topliss-reactive ketones (excluding diaryl/α,β-unsaturated/α-hetero) is 1. The molecule has 94 valence electrons. The fraction of sp³-hybridized carbons (Fsp3) is 0.583. The molecule has 2 rings (SSSR count). The van der Waals surface area contributed by atoms with Crippen LogP contribution in [0.4, 0.5) is 0 Å². The van der Waals surface area contributed by atoms with Gasteiger partial charge in [-0.15, -0.1) is 11.3 Å². The Balaban J connectivity index is 1.96. The highest BCUT2D eigenvalue weighted by atomic mass is 35.5. The number of rotatable bonds is 4. The molecule has 2 heterocycles. The van der Waals surface area contributed by atoms with Crippen molar-refractivity contribution in [2.24, 2.45) is 5.92 Å². The highest BCUT2D eigenvalue weighted by Crippen LogP contribution is 2.31. The van der Waals surface area contributed by atoms with Gasteiger partial charge in [-0.05, 0) is 24.9 Å². The second-order valence-electron chi connectivity index (χ2n) is 4.46. The van der Waals surface area contributed by atoms with Crippen LogP contribution in [0.2, 0.25) is 8.67 Å². The van der Waals surface area contributed by atoms with Gasteiger partial charge >= 0.3 is 0 Å². The van der Waals surface area contributed by atoms with E-state index in [0.29, 0.717) is 20.8 Å². The van der Waals surface area contributed by atoms with E-state index in [1.165, 1.54) is 24.2 Å². The third kappa shape index (κ3) is 3.22. The zero-order chi connectivity index (χ0) is 12.4. The van der Waals surface area contributed by atoms with Crippen molar-refractivity contribution in [1.29, 1.82) is 0 Å². The molecule has 1 aromatic heterocycles.